The molecule has 1 N–H and O–H groups in total. The van der Waals surface area contributed by atoms with Crippen molar-refractivity contribution < 1.29 is 18.6 Å². The van der Waals surface area contributed by atoms with Crippen LogP contribution in [-0.4, -0.2) is 24.4 Å². The van der Waals surface area contributed by atoms with Crippen molar-refractivity contribution in [1.29, 1.82) is 0 Å². The molecule has 126 valence electrons. The molecular weight excluding hydrogens is 312 g/mol. The Balaban J connectivity index is 1.87. The van der Waals surface area contributed by atoms with Crippen LogP contribution in [0.25, 0.3) is 0 Å². The van der Waals surface area contributed by atoms with Crippen molar-refractivity contribution in [2.24, 2.45) is 0 Å². The van der Waals surface area contributed by atoms with E-state index in [0.717, 1.165) is 5.56 Å². The van der Waals surface area contributed by atoms with E-state index in [9.17, 15) is 13.9 Å². The zero-order valence-electron chi connectivity index (χ0n) is 13.6. The molecule has 24 heavy (non-hydrogen) atoms. The Hall–Kier alpha value is -2.14. The molecule has 2 aromatic rings. The highest BCUT2D eigenvalue weighted by molar-refractivity contribution is 5.65. The summed E-state index contributed by atoms with van der Waals surface area (Å²) in [4.78, 5) is 1.91. The molecule has 2 aromatic carbocycles. The van der Waals surface area contributed by atoms with E-state index in [-0.39, 0.29) is 23.7 Å². The van der Waals surface area contributed by atoms with E-state index in [4.69, 9.17) is 4.74 Å². The molecule has 5 heteroatoms. The van der Waals surface area contributed by atoms with Crippen molar-refractivity contribution >= 4 is 5.69 Å². The third-order valence-corrected chi connectivity index (χ3v) is 5.01. The van der Waals surface area contributed by atoms with Crippen molar-refractivity contribution in [3.8, 4) is 5.75 Å². The van der Waals surface area contributed by atoms with Gasteiger partial charge < -0.3 is 14.7 Å². The molecule has 0 amide bonds. The third kappa shape index (κ3) is 2.11. The van der Waals surface area contributed by atoms with E-state index >= 15 is 0 Å². The highest BCUT2D eigenvalue weighted by atomic mass is 19.1. The molecular formula is C19H19F2NO2. The Kier molecular flexibility index (Phi) is 3.32. The van der Waals surface area contributed by atoms with Gasteiger partial charge in [-0.05, 0) is 29.8 Å². The number of benzene rings is 2. The first-order valence-electron chi connectivity index (χ1n) is 8.05. The number of aliphatic hydroxyl groups is 1. The largest absolute Gasteiger partial charge is 0.485 e. The van der Waals surface area contributed by atoms with E-state index in [1.165, 1.54) is 18.2 Å². The Morgan fingerprint density at radius 2 is 2.04 bits per heavy atom. The summed E-state index contributed by atoms with van der Waals surface area (Å²) in [6, 6.07) is 8.97. The number of halogens is 2. The first-order chi connectivity index (χ1) is 11.4. The molecule has 0 saturated heterocycles. The van der Waals surface area contributed by atoms with Gasteiger partial charge in [-0.3, -0.25) is 0 Å². The van der Waals surface area contributed by atoms with Gasteiger partial charge >= 0.3 is 0 Å². The van der Waals surface area contributed by atoms with E-state index in [0.29, 0.717) is 23.5 Å². The van der Waals surface area contributed by atoms with Crippen LogP contribution in [0.3, 0.4) is 0 Å². The molecule has 2 unspecified atom stereocenters. The Bertz CT molecular complexity index is 806. The van der Waals surface area contributed by atoms with Crippen LogP contribution in [0.15, 0.2) is 36.4 Å². The number of para-hydroxylation sites is 1. The lowest BCUT2D eigenvalue weighted by Gasteiger charge is -2.31. The SMILES string of the molecule is CC1(C)CN(C2c3cc(F)ccc3OC2CO)c2c(F)cccc21. The van der Waals surface area contributed by atoms with Gasteiger partial charge in [0.05, 0.1) is 18.3 Å². The second-order valence-electron chi connectivity index (χ2n) is 7.11. The molecule has 2 aliphatic rings. The summed E-state index contributed by atoms with van der Waals surface area (Å²) in [7, 11) is 0. The molecule has 2 atom stereocenters. The Morgan fingerprint density at radius 1 is 1.25 bits per heavy atom. The normalized spacial score (nSPS) is 23.8. The van der Waals surface area contributed by atoms with E-state index in [2.05, 4.69) is 13.8 Å². The molecule has 0 aliphatic carbocycles. The number of hydrogen-bond donors (Lipinski definition) is 1. The summed E-state index contributed by atoms with van der Waals surface area (Å²) in [6.07, 6.45) is -0.553. The molecule has 3 nitrogen and oxygen atoms in total. The Labute approximate surface area is 139 Å². The number of fused-ring (bicyclic) bond motifs is 2. The van der Waals surface area contributed by atoms with Gasteiger partial charge in [-0.1, -0.05) is 26.0 Å². The number of rotatable bonds is 2. The predicted octanol–water partition coefficient (Wildman–Crippen LogP) is 3.56. The van der Waals surface area contributed by atoms with Crippen LogP contribution in [0.1, 0.15) is 31.0 Å². The minimum atomic E-state index is -0.553. The Morgan fingerprint density at radius 3 is 2.79 bits per heavy atom. The molecule has 0 radical (unpaired) electrons. The lowest BCUT2D eigenvalue weighted by atomic mass is 9.87. The molecule has 0 spiro atoms. The zero-order chi connectivity index (χ0) is 17.1. The van der Waals surface area contributed by atoms with Gasteiger partial charge in [0.2, 0.25) is 0 Å². The molecule has 2 aliphatic heterocycles. The van der Waals surface area contributed by atoms with Gasteiger partial charge in [0.25, 0.3) is 0 Å². The fourth-order valence-electron chi connectivity index (χ4n) is 3.97. The van der Waals surface area contributed by atoms with Gasteiger partial charge in [0.1, 0.15) is 23.5 Å². The average Bonchev–Trinajstić information content (AvgIpc) is 3.02. The van der Waals surface area contributed by atoms with Crippen LogP contribution < -0.4 is 9.64 Å². The lowest BCUT2D eigenvalue weighted by molar-refractivity contribution is 0.114. The minimum absolute atomic E-state index is 0.221. The van der Waals surface area contributed by atoms with Crippen LogP contribution in [0.4, 0.5) is 14.5 Å². The maximum Gasteiger partial charge on any atom is 0.146 e. The molecule has 0 bridgehead atoms. The molecule has 0 aromatic heterocycles. The summed E-state index contributed by atoms with van der Waals surface area (Å²) in [5.41, 5.74) is 1.85. The second kappa shape index (κ2) is 5.18. The van der Waals surface area contributed by atoms with Gasteiger partial charge in [-0.2, -0.15) is 0 Å². The third-order valence-electron chi connectivity index (χ3n) is 5.01. The monoisotopic (exact) mass is 331 g/mol. The quantitative estimate of drug-likeness (QED) is 0.913. The van der Waals surface area contributed by atoms with Crippen molar-refractivity contribution in [2.75, 3.05) is 18.1 Å². The van der Waals surface area contributed by atoms with Crippen molar-refractivity contribution in [3.05, 3.63) is 59.2 Å². The fraction of sp³-hybridized carbons (Fsp3) is 0.368. The molecule has 4 rings (SSSR count). The zero-order valence-corrected chi connectivity index (χ0v) is 13.6. The minimum Gasteiger partial charge on any atom is -0.485 e. The number of ether oxygens (including phenoxy) is 1. The number of anilines is 1. The number of nitrogens with zero attached hydrogens (tertiary/aromatic N) is 1. The van der Waals surface area contributed by atoms with Crippen molar-refractivity contribution in [2.45, 2.75) is 31.4 Å². The van der Waals surface area contributed by atoms with Crippen LogP contribution in [0.5, 0.6) is 5.75 Å². The number of aliphatic hydroxyl groups excluding tert-OH is 1. The first-order valence-corrected chi connectivity index (χ1v) is 8.05. The van der Waals surface area contributed by atoms with Gasteiger partial charge in [0.15, 0.2) is 0 Å². The summed E-state index contributed by atoms with van der Waals surface area (Å²) in [6.45, 7) is 4.47. The fourth-order valence-corrected chi connectivity index (χ4v) is 3.97. The maximum atomic E-state index is 14.6. The summed E-state index contributed by atoms with van der Waals surface area (Å²) < 4.78 is 34.2. The van der Waals surface area contributed by atoms with E-state index in [1.807, 2.05) is 11.0 Å². The maximum absolute atomic E-state index is 14.6. The van der Waals surface area contributed by atoms with Crippen LogP contribution >= 0.6 is 0 Å². The predicted molar refractivity (Wildman–Crippen MR) is 87.4 cm³/mol. The molecule has 0 saturated carbocycles. The summed E-state index contributed by atoms with van der Waals surface area (Å²) >= 11 is 0. The standard InChI is InChI=1S/C19H19F2NO2/c1-19(2)10-22(18-13(19)4-3-5-14(18)21)17-12-8-11(20)6-7-15(12)24-16(17)9-23/h3-8,16-17,23H,9-10H2,1-2H3. The average molecular weight is 331 g/mol. The molecule has 2 heterocycles. The smallest absolute Gasteiger partial charge is 0.146 e. The second-order valence-corrected chi connectivity index (χ2v) is 7.11. The highest BCUT2D eigenvalue weighted by Gasteiger charge is 2.46. The van der Waals surface area contributed by atoms with Gasteiger partial charge in [0, 0.05) is 17.5 Å². The van der Waals surface area contributed by atoms with Crippen LogP contribution in [0, 0.1) is 11.6 Å². The van der Waals surface area contributed by atoms with Crippen molar-refractivity contribution in [1.82, 2.24) is 0 Å². The highest BCUT2D eigenvalue weighted by Crippen LogP contribution is 2.50. The van der Waals surface area contributed by atoms with E-state index < -0.39 is 12.1 Å². The molecule has 0 fully saturated rings. The van der Waals surface area contributed by atoms with Crippen LogP contribution in [0.2, 0.25) is 0 Å². The number of hydrogen-bond acceptors (Lipinski definition) is 3. The van der Waals surface area contributed by atoms with Gasteiger partial charge in [-0.25, -0.2) is 8.78 Å². The lowest BCUT2D eigenvalue weighted by Crippen LogP contribution is -2.39. The topological polar surface area (TPSA) is 32.7 Å². The van der Waals surface area contributed by atoms with Crippen molar-refractivity contribution in [3.63, 3.8) is 0 Å². The van der Waals surface area contributed by atoms with Gasteiger partial charge in [-0.15, -0.1) is 0 Å². The van der Waals surface area contributed by atoms with Crippen LogP contribution in [-0.2, 0) is 5.41 Å². The summed E-state index contributed by atoms with van der Waals surface area (Å²) in [5.74, 6) is -0.129. The van der Waals surface area contributed by atoms with E-state index in [1.54, 1.807) is 12.1 Å². The first kappa shape index (κ1) is 15.4. The summed E-state index contributed by atoms with van der Waals surface area (Å²) in [5, 5.41) is 9.75.